The number of amides is 2. The highest BCUT2D eigenvalue weighted by Crippen LogP contribution is 2.19. The van der Waals surface area contributed by atoms with E-state index in [0.717, 1.165) is 43.0 Å². The van der Waals surface area contributed by atoms with Crippen LogP contribution in [0.4, 0.5) is 5.69 Å². The average Bonchev–Trinajstić information content (AvgIpc) is 3.38. The Hall–Kier alpha value is -3.34. The van der Waals surface area contributed by atoms with E-state index < -0.39 is 0 Å². The zero-order valence-corrected chi connectivity index (χ0v) is 16.8. The van der Waals surface area contributed by atoms with E-state index in [1.807, 2.05) is 29.2 Å². The fourth-order valence-electron chi connectivity index (χ4n) is 3.84. The first-order valence-electron chi connectivity index (χ1n) is 9.99. The molecular weight excluding hydrogens is 362 g/mol. The Morgan fingerprint density at radius 1 is 0.759 bits per heavy atom. The van der Waals surface area contributed by atoms with Crippen molar-refractivity contribution in [2.24, 2.45) is 0 Å². The molecular formula is C24H25N3O2. The van der Waals surface area contributed by atoms with E-state index in [-0.39, 0.29) is 11.8 Å². The average molecular weight is 387 g/mol. The summed E-state index contributed by atoms with van der Waals surface area (Å²) in [7, 11) is 0. The van der Waals surface area contributed by atoms with Crippen molar-refractivity contribution in [1.29, 1.82) is 0 Å². The highest BCUT2D eigenvalue weighted by Gasteiger charge is 2.19. The maximum absolute atomic E-state index is 12.6. The molecule has 1 saturated heterocycles. The van der Waals surface area contributed by atoms with E-state index >= 15 is 0 Å². The first-order chi connectivity index (χ1) is 14.0. The topological polar surface area (TPSA) is 54.3 Å². The molecule has 0 spiro atoms. The Morgan fingerprint density at radius 3 is 1.90 bits per heavy atom. The quantitative estimate of drug-likeness (QED) is 0.712. The lowest BCUT2D eigenvalue weighted by Gasteiger charge is -2.15. The van der Waals surface area contributed by atoms with Crippen molar-refractivity contribution in [3.8, 4) is 5.69 Å². The zero-order valence-electron chi connectivity index (χ0n) is 16.8. The molecule has 1 aromatic heterocycles. The number of likely N-dealkylation sites (tertiary alicyclic amines) is 1. The summed E-state index contributed by atoms with van der Waals surface area (Å²) in [6.45, 7) is 5.78. The van der Waals surface area contributed by atoms with Crippen LogP contribution in [-0.2, 0) is 0 Å². The predicted octanol–water partition coefficient (Wildman–Crippen LogP) is 4.58. The molecule has 1 fully saturated rings. The molecule has 1 aliphatic heterocycles. The molecule has 29 heavy (non-hydrogen) atoms. The van der Waals surface area contributed by atoms with Gasteiger partial charge in [-0.15, -0.1) is 0 Å². The van der Waals surface area contributed by atoms with Crippen LogP contribution in [0.5, 0.6) is 0 Å². The van der Waals surface area contributed by atoms with Gasteiger partial charge in [0.2, 0.25) is 0 Å². The number of hydrogen-bond donors (Lipinski definition) is 1. The molecule has 1 N–H and O–H groups in total. The van der Waals surface area contributed by atoms with Crippen molar-refractivity contribution in [1.82, 2.24) is 9.47 Å². The first kappa shape index (κ1) is 19.0. The number of anilines is 1. The van der Waals surface area contributed by atoms with Crippen molar-refractivity contribution >= 4 is 17.5 Å². The van der Waals surface area contributed by atoms with E-state index in [9.17, 15) is 9.59 Å². The van der Waals surface area contributed by atoms with Gasteiger partial charge < -0.3 is 14.8 Å². The van der Waals surface area contributed by atoms with Gasteiger partial charge in [0.25, 0.3) is 11.8 Å². The van der Waals surface area contributed by atoms with Crippen LogP contribution in [0.25, 0.3) is 5.69 Å². The Morgan fingerprint density at radius 2 is 1.31 bits per heavy atom. The number of benzene rings is 2. The number of carbonyl (C=O) groups excluding carboxylic acids is 2. The minimum atomic E-state index is -0.170. The molecule has 148 valence electrons. The minimum Gasteiger partial charge on any atom is -0.339 e. The van der Waals surface area contributed by atoms with E-state index in [1.165, 1.54) is 0 Å². The number of rotatable bonds is 4. The summed E-state index contributed by atoms with van der Waals surface area (Å²) < 4.78 is 2.15. The monoisotopic (exact) mass is 387 g/mol. The number of carbonyl (C=O) groups is 2. The predicted molar refractivity (Wildman–Crippen MR) is 115 cm³/mol. The van der Waals surface area contributed by atoms with Gasteiger partial charge in [-0.3, -0.25) is 9.59 Å². The summed E-state index contributed by atoms with van der Waals surface area (Å²) in [4.78, 5) is 26.9. The van der Waals surface area contributed by atoms with Gasteiger partial charge in [0.15, 0.2) is 0 Å². The van der Waals surface area contributed by atoms with Crippen LogP contribution in [0.1, 0.15) is 44.9 Å². The normalized spacial score (nSPS) is 13.5. The van der Waals surface area contributed by atoms with Crippen molar-refractivity contribution in [3.63, 3.8) is 0 Å². The number of nitrogens with one attached hydrogen (secondary N) is 1. The van der Waals surface area contributed by atoms with E-state index in [4.69, 9.17) is 0 Å². The van der Waals surface area contributed by atoms with Crippen LogP contribution in [0.15, 0.2) is 60.7 Å². The van der Waals surface area contributed by atoms with Gasteiger partial charge in [-0.05, 0) is 87.4 Å². The molecule has 2 amide bonds. The summed E-state index contributed by atoms with van der Waals surface area (Å²) >= 11 is 0. The molecule has 0 bridgehead atoms. The third-order valence-corrected chi connectivity index (χ3v) is 5.44. The highest BCUT2D eigenvalue weighted by molar-refractivity contribution is 6.04. The lowest BCUT2D eigenvalue weighted by Crippen LogP contribution is -2.27. The van der Waals surface area contributed by atoms with Crippen LogP contribution in [0.2, 0.25) is 0 Å². The second-order valence-corrected chi connectivity index (χ2v) is 7.53. The van der Waals surface area contributed by atoms with Gasteiger partial charge in [0.05, 0.1) is 0 Å². The van der Waals surface area contributed by atoms with Gasteiger partial charge in [0, 0.05) is 47.0 Å². The van der Waals surface area contributed by atoms with Gasteiger partial charge in [-0.25, -0.2) is 0 Å². The Bertz CT molecular complexity index is 1010. The maximum atomic E-state index is 12.6. The van der Waals surface area contributed by atoms with Gasteiger partial charge in [0.1, 0.15) is 0 Å². The number of nitrogens with zero attached hydrogens (tertiary/aromatic N) is 2. The maximum Gasteiger partial charge on any atom is 0.255 e. The Balaban J connectivity index is 1.43. The van der Waals surface area contributed by atoms with Crippen LogP contribution < -0.4 is 5.32 Å². The lowest BCUT2D eigenvalue weighted by molar-refractivity contribution is 0.0792. The summed E-state index contributed by atoms with van der Waals surface area (Å²) in [5.74, 6) is -0.109. The smallest absolute Gasteiger partial charge is 0.255 e. The molecule has 2 heterocycles. The molecule has 0 aliphatic carbocycles. The molecule has 3 aromatic rings. The molecule has 0 atom stereocenters. The van der Waals surface area contributed by atoms with Crippen LogP contribution in [0.3, 0.4) is 0 Å². The molecule has 4 rings (SSSR count). The van der Waals surface area contributed by atoms with Gasteiger partial charge >= 0.3 is 0 Å². The minimum absolute atomic E-state index is 0.0616. The molecule has 0 unspecified atom stereocenters. The highest BCUT2D eigenvalue weighted by atomic mass is 16.2. The molecule has 0 saturated carbocycles. The Kier molecular flexibility index (Phi) is 5.21. The molecule has 2 aromatic carbocycles. The largest absolute Gasteiger partial charge is 0.339 e. The SMILES string of the molecule is Cc1ccc(C)n1-c1ccc(C(=O)Nc2ccc(C(=O)N3CCCC3)cc2)cc1. The van der Waals surface area contributed by atoms with Crippen LogP contribution in [0, 0.1) is 13.8 Å². The Labute approximate surface area is 171 Å². The third kappa shape index (κ3) is 3.94. The standard InChI is InChI=1S/C24H25N3O2/c1-17-5-6-18(2)27(17)22-13-9-19(10-14-22)23(28)25-21-11-7-20(8-12-21)24(29)26-15-3-4-16-26/h5-14H,3-4,15-16H2,1-2H3,(H,25,28). The third-order valence-electron chi connectivity index (χ3n) is 5.44. The van der Waals surface area contributed by atoms with Crippen molar-refractivity contribution in [3.05, 3.63) is 83.2 Å². The van der Waals surface area contributed by atoms with Crippen molar-refractivity contribution in [2.75, 3.05) is 18.4 Å². The fraction of sp³-hybridized carbons (Fsp3) is 0.250. The van der Waals surface area contributed by atoms with E-state index in [0.29, 0.717) is 16.8 Å². The van der Waals surface area contributed by atoms with Crippen LogP contribution in [-0.4, -0.2) is 34.4 Å². The summed E-state index contributed by atoms with van der Waals surface area (Å²) in [6.07, 6.45) is 2.14. The van der Waals surface area contributed by atoms with Gasteiger partial charge in [-0.2, -0.15) is 0 Å². The van der Waals surface area contributed by atoms with Crippen LogP contribution >= 0.6 is 0 Å². The number of hydrogen-bond acceptors (Lipinski definition) is 2. The number of aromatic nitrogens is 1. The van der Waals surface area contributed by atoms with Crippen molar-refractivity contribution in [2.45, 2.75) is 26.7 Å². The first-order valence-corrected chi connectivity index (χ1v) is 9.99. The summed E-state index contributed by atoms with van der Waals surface area (Å²) in [5, 5.41) is 2.90. The van der Waals surface area contributed by atoms with Crippen molar-refractivity contribution < 1.29 is 9.59 Å². The van der Waals surface area contributed by atoms with Gasteiger partial charge in [-0.1, -0.05) is 0 Å². The van der Waals surface area contributed by atoms with E-state index in [1.54, 1.807) is 24.3 Å². The molecule has 5 heteroatoms. The lowest BCUT2D eigenvalue weighted by atomic mass is 10.1. The number of aryl methyl sites for hydroxylation is 2. The fourth-order valence-corrected chi connectivity index (χ4v) is 3.84. The second kappa shape index (κ2) is 7.95. The summed E-state index contributed by atoms with van der Waals surface area (Å²) in [5.41, 5.74) is 5.27. The second-order valence-electron chi connectivity index (χ2n) is 7.53. The molecule has 1 aliphatic rings. The summed E-state index contributed by atoms with van der Waals surface area (Å²) in [6, 6.07) is 18.8. The zero-order chi connectivity index (χ0) is 20.4. The molecule has 5 nitrogen and oxygen atoms in total. The molecule has 0 radical (unpaired) electrons. The van der Waals surface area contributed by atoms with E-state index in [2.05, 4.69) is 35.9 Å².